The third-order valence-electron chi connectivity index (χ3n) is 5.98. The van der Waals surface area contributed by atoms with Crippen molar-refractivity contribution in [3.63, 3.8) is 0 Å². The van der Waals surface area contributed by atoms with Crippen molar-refractivity contribution in [2.75, 3.05) is 13.1 Å². The number of halogens is 1. The summed E-state index contributed by atoms with van der Waals surface area (Å²) in [6, 6.07) is 14.5. The molecule has 1 aromatic heterocycles. The third-order valence-corrected chi connectivity index (χ3v) is 5.98. The second-order valence-corrected chi connectivity index (χ2v) is 8.24. The number of carbonyl (C=O) groups excluding carboxylic acids is 1. The maximum absolute atomic E-state index is 13.7. The van der Waals surface area contributed by atoms with Crippen LogP contribution in [-0.2, 0) is 17.3 Å². The van der Waals surface area contributed by atoms with Gasteiger partial charge in [-0.15, -0.1) is 0 Å². The van der Waals surface area contributed by atoms with Gasteiger partial charge in [0.1, 0.15) is 11.6 Å². The lowest BCUT2D eigenvalue weighted by Gasteiger charge is -2.37. The van der Waals surface area contributed by atoms with Gasteiger partial charge >= 0.3 is 0 Å². The van der Waals surface area contributed by atoms with Gasteiger partial charge in [0.05, 0.1) is 16.4 Å². The van der Waals surface area contributed by atoms with E-state index in [9.17, 15) is 9.18 Å². The Kier molecular flexibility index (Phi) is 4.69. The summed E-state index contributed by atoms with van der Waals surface area (Å²) in [5, 5.41) is 0. The van der Waals surface area contributed by atoms with E-state index in [1.54, 1.807) is 6.07 Å². The Labute approximate surface area is 165 Å². The molecule has 5 heteroatoms. The molecule has 1 aliphatic heterocycles. The highest BCUT2D eigenvalue weighted by molar-refractivity contribution is 5.87. The van der Waals surface area contributed by atoms with Gasteiger partial charge in [-0.05, 0) is 56.5 Å². The number of aryl methyl sites for hydroxylation is 1. The number of hydrogen-bond acceptors (Lipinski definition) is 2. The van der Waals surface area contributed by atoms with Gasteiger partial charge < -0.3 is 9.47 Å². The molecule has 0 radical (unpaired) electrons. The molecule has 2 aromatic carbocycles. The number of likely N-dealkylation sites (tertiary alicyclic amines) is 1. The maximum atomic E-state index is 13.7. The molecule has 0 spiro atoms. The number of para-hydroxylation sites is 2. The van der Waals surface area contributed by atoms with Crippen molar-refractivity contribution in [2.45, 2.75) is 38.0 Å². The van der Waals surface area contributed by atoms with Gasteiger partial charge in [0.15, 0.2) is 0 Å². The molecule has 0 saturated carbocycles. The average Bonchev–Trinajstić information content (AvgIpc) is 3.04. The normalized spacial score (nSPS) is 17.9. The minimum atomic E-state index is -0.768. The molecule has 0 N–H and O–H groups in total. The van der Waals surface area contributed by atoms with Gasteiger partial charge in [-0.2, -0.15) is 0 Å². The second-order valence-electron chi connectivity index (χ2n) is 8.24. The molecule has 1 aliphatic rings. The zero-order valence-corrected chi connectivity index (χ0v) is 16.7. The van der Waals surface area contributed by atoms with Crippen LogP contribution in [0.1, 0.15) is 44.0 Å². The molecule has 0 unspecified atom stereocenters. The molecule has 0 aliphatic carbocycles. The fraction of sp³-hybridized carbons (Fsp3) is 0.391. The number of fused-ring (bicyclic) bond motifs is 1. The Morgan fingerprint density at radius 2 is 1.96 bits per heavy atom. The number of benzene rings is 2. The van der Waals surface area contributed by atoms with Crippen molar-refractivity contribution in [1.29, 1.82) is 0 Å². The molecule has 4 nitrogen and oxygen atoms in total. The smallest absolute Gasteiger partial charge is 0.232 e. The van der Waals surface area contributed by atoms with Crippen molar-refractivity contribution in [2.24, 2.45) is 7.05 Å². The van der Waals surface area contributed by atoms with E-state index in [0.717, 1.165) is 36.2 Å². The molecule has 1 amide bonds. The van der Waals surface area contributed by atoms with Gasteiger partial charge in [0, 0.05) is 26.1 Å². The monoisotopic (exact) mass is 379 g/mol. The number of piperidine rings is 1. The predicted octanol–water partition coefficient (Wildman–Crippen LogP) is 4.40. The van der Waals surface area contributed by atoms with Crippen molar-refractivity contribution in [3.05, 3.63) is 65.7 Å². The Balaban J connectivity index is 1.59. The van der Waals surface area contributed by atoms with E-state index in [1.165, 1.54) is 12.1 Å². The van der Waals surface area contributed by atoms with Gasteiger partial charge in [0.25, 0.3) is 0 Å². The minimum Gasteiger partial charge on any atom is -0.341 e. The number of amides is 1. The predicted molar refractivity (Wildman–Crippen MR) is 109 cm³/mol. The van der Waals surface area contributed by atoms with Crippen LogP contribution in [0.2, 0.25) is 0 Å². The first-order chi connectivity index (χ1) is 13.4. The summed E-state index contributed by atoms with van der Waals surface area (Å²) < 4.78 is 15.8. The summed E-state index contributed by atoms with van der Waals surface area (Å²) >= 11 is 0. The van der Waals surface area contributed by atoms with E-state index in [1.807, 2.05) is 50.1 Å². The number of carbonyl (C=O) groups is 1. The van der Waals surface area contributed by atoms with E-state index in [0.29, 0.717) is 12.1 Å². The van der Waals surface area contributed by atoms with E-state index in [-0.39, 0.29) is 17.6 Å². The van der Waals surface area contributed by atoms with Crippen LogP contribution in [-0.4, -0.2) is 33.4 Å². The Morgan fingerprint density at radius 1 is 1.18 bits per heavy atom. The molecule has 146 valence electrons. The lowest BCUT2D eigenvalue weighted by Crippen LogP contribution is -2.47. The molecule has 1 fully saturated rings. The molecule has 2 heterocycles. The number of hydrogen-bond donors (Lipinski definition) is 0. The first kappa shape index (κ1) is 18.7. The topological polar surface area (TPSA) is 38.1 Å². The molecular weight excluding hydrogens is 353 g/mol. The summed E-state index contributed by atoms with van der Waals surface area (Å²) in [5.41, 5.74) is 2.04. The number of rotatable bonds is 3. The highest BCUT2D eigenvalue weighted by Gasteiger charge is 2.37. The molecule has 1 atom stereocenters. The van der Waals surface area contributed by atoms with E-state index in [4.69, 9.17) is 4.98 Å². The van der Waals surface area contributed by atoms with Crippen LogP contribution in [0, 0.1) is 5.82 Å². The lowest BCUT2D eigenvalue weighted by atomic mass is 9.82. The van der Waals surface area contributed by atoms with Crippen molar-refractivity contribution in [3.8, 4) is 0 Å². The largest absolute Gasteiger partial charge is 0.341 e. The summed E-state index contributed by atoms with van der Waals surface area (Å²) in [6.07, 6.45) is 1.96. The van der Waals surface area contributed by atoms with Crippen LogP contribution in [0.25, 0.3) is 11.0 Å². The number of nitrogens with zero attached hydrogens (tertiary/aromatic N) is 3. The van der Waals surface area contributed by atoms with Crippen LogP contribution < -0.4 is 0 Å². The molecule has 3 aromatic rings. The summed E-state index contributed by atoms with van der Waals surface area (Å²) in [5.74, 6) is 0.969. The second kappa shape index (κ2) is 7.04. The zero-order chi connectivity index (χ0) is 19.9. The highest BCUT2D eigenvalue weighted by Crippen LogP contribution is 2.32. The van der Waals surface area contributed by atoms with Gasteiger partial charge in [-0.25, -0.2) is 9.37 Å². The molecule has 0 bridgehead atoms. The standard InChI is InChI=1S/C23H26FN3O/c1-23(2,17-9-6-10-18(24)14-17)22(28)27-13-7-8-16(15-27)21-25-19-11-4-5-12-20(19)26(21)3/h4-6,9-12,14,16H,7-8,13,15H2,1-3H3/t16-/m0/s1. The Hall–Kier alpha value is -2.69. The van der Waals surface area contributed by atoms with Gasteiger partial charge in [-0.1, -0.05) is 24.3 Å². The molecular formula is C23H26FN3O. The van der Waals surface area contributed by atoms with Crippen LogP contribution in [0.15, 0.2) is 48.5 Å². The molecule has 28 heavy (non-hydrogen) atoms. The first-order valence-electron chi connectivity index (χ1n) is 9.84. The van der Waals surface area contributed by atoms with E-state index < -0.39 is 5.41 Å². The fourth-order valence-corrected chi connectivity index (χ4v) is 4.30. The summed E-state index contributed by atoms with van der Waals surface area (Å²) in [4.78, 5) is 20.1. The van der Waals surface area contributed by atoms with Crippen LogP contribution in [0.3, 0.4) is 0 Å². The first-order valence-corrected chi connectivity index (χ1v) is 9.84. The van der Waals surface area contributed by atoms with Crippen LogP contribution in [0.4, 0.5) is 4.39 Å². The van der Waals surface area contributed by atoms with Crippen molar-refractivity contribution >= 4 is 16.9 Å². The Bertz CT molecular complexity index is 1020. The summed E-state index contributed by atoms with van der Waals surface area (Å²) in [7, 11) is 2.04. The number of imidazole rings is 1. The van der Waals surface area contributed by atoms with Crippen LogP contribution >= 0.6 is 0 Å². The molecule has 4 rings (SSSR count). The third kappa shape index (κ3) is 3.19. The van der Waals surface area contributed by atoms with Crippen molar-refractivity contribution < 1.29 is 9.18 Å². The average molecular weight is 379 g/mol. The van der Waals surface area contributed by atoms with E-state index >= 15 is 0 Å². The highest BCUT2D eigenvalue weighted by atomic mass is 19.1. The van der Waals surface area contributed by atoms with Gasteiger partial charge in [-0.3, -0.25) is 4.79 Å². The Morgan fingerprint density at radius 3 is 2.71 bits per heavy atom. The van der Waals surface area contributed by atoms with Crippen LogP contribution in [0.5, 0.6) is 0 Å². The van der Waals surface area contributed by atoms with Gasteiger partial charge in [0.2, 0.25) is 5.91 Å². The zero-order valence-electron chi connectivity index (χ0n) is 16.7. The summed E-state index contributed by atoms with van der Waals surface area (Å²) in [6.45, 7) is 5.14. The molecule has 1 saturated heterocycles. The minimum absolute atomic E-state index is 0.0431. The van der Waals surface area contributed by atoms with E-state index in [2.05, 4.69) is 10.6 Å². The maximum Gasteiger partial charge on any atom is 0.232 e. The SMILES string of the molecule is Cn1c([C@H]2CCCN(C(=O)C(C)(C)c3cccc(F)c3)C2)nc2ccccc21. The quantitative estimate of drug-likeness (QED) is 0.677. The fourth-order valence-electron chi connectivity index (χ4n) is 4.30. The number of aromatic nitrogens is 2. The van der Waals surface area contributed by atoms with Crippen molar-refractivity contribution in [1.82, 2.24) is 14.5 Å². The lowest BCUT2D eigenvalue weighted by molar-refractivity contribution is -0.137.